The van der Waals surface area contributed by atoms with Gasteiger partial charge in [-0.1, -0.05) is 6.08 Å². The molecule has 2 N–H and O–H groups in total. The van der Waals surface area contributed by atoms with Crippen LogP contribution in [0.3, 0.4) is 0 Å². The average Bonchev–Trinajstić information content (AvgIpc) is 2.09. The molecule has 1 amide bonds. The number of carbonyl (C=O) groups excluding carboxylic acids is 1. The first-order valence-corrected chi connectivity index (χ1v) is 5.12. The monoisotopic (exact) mass is 215 g/mol. The molecule has 1 unspecified atom stereocenters. The fourth-order valence-corrected chi connectivity index (χ4v) is 0.934. The van der Waals surface area contributed by atoms with Crippen molar-refractivity contribution in [2.45, 2.75) is 45.3 Å². The van der Waals surface area contributed by atoms with E-state index in [4.69, 9.17) is 9.84 Å². The van der Waals surface area contributed by atoms with Crippen molar-refractivity contribution in [1.82, 2.24) is 5.32 Å². The summed E-state index contributed by atoms with van der Waals surface area (Å²) in [6.07, 6.45) is 1.86. The van der Waals surface area contributed by atoms with Gasteiger partial charge in [-0.15, -0.1) is 6.58 Å². The predicted molar refractivity (Wildman–Crippen MR) is 59.7 cm³/mol. The number of nitrogens with one attached hydrogen (secondary N) is 1. The second-order valence-corrected chi connectivity index (χ2v) is 4.37. The number of carbonyl (C=O) groups is 1. The molecule has 0 heterocycles. The lowest BCUT2D eigenvalue weighted by molar-refractivity contribution is 0.0525. The number of aliphatic hydroxyl groups is 1. The number of alkyl carbamates (subject to hydrolysis) is 1. The molecular formula is C11H21NO3. The van der Waals surface area contributed by atoms with Crippen molar-refractivity contribution in [1.29, 1.82) is 0 Å². The maximum Gasteiger partial charge on any atom is 0.407 e. The number of ether oxygens (including phenoxy) is 1. The van der Waals surface area contributed by atoms with Crippen LogP contribution in [-0.4, -0.2) is 29.4 Å². The van der Waals surface area contributed by atoms with Gasteiger partial charge in [-0.05, 0) is 33.6 Å². The van der Waals surface area contributed by atoms with Gasteiger partial charge >= 0.3 is 6.09 Å². The van der Waals surface area contributed by atoms with E-state index < -0.39 is 17.8 Å². The van der Waals surface area contributed by atoms with Gasteiger partial charge in [-0.25, -0.2) is 4.79 Å². The van der Waals surface area contributed by atoms with Crippen LogP contribution in [0.1, 0.15) is 33.6 Å². The van der Waals surface area contributed by atoms with Gasteiger partial charge in [-0.2, -0.15) is 0 Å². The van der Waals surface area contributed by atoms with Crippen LogP contribution >= 0.6 is 0 Å². The third kappa shape index (κ3) is 9.28. The molecule has 0 aliphatic carbocycles. The molecule has 0 aliphatic heterocycles. The number of amides is 1. The van der Waals surface area contributed by atoms with Crippen LogP contribution < -0.4 is 5.32 Å². The quantitative estimate of drug-likeness (QED) is 0.543. The summed E-state index contributed by atoms with van der Waals surface area (Å²) in [5.41, 5.74) is -0.468. The molecule has 0 saturated heterocycles. The van der Waals surface area contributed by atoms with Gasteiger partial charge in [0.15, 0.2) is 0 Å². The lowest BCUT2D eigenvalue weighted by Gasteiger charge is -2.19. The minimum Gasteiger partial charge on any atom is -0.444 e. The van der Waals surface area contributed by atoms with E-state index in [1.807, 2.05) is 20.8 Å². The Kier molecular flexibility index (Phi) is 6.01. The predicted octanol–water partition coefficient (Wildman–Crippen LogP) is 1.84. The number of aliphatic hydroxyl groups excluding tert-OH is 1. The molecule has 0 radical (unpaired) electrons. The molecule has 0 rings (SSSR count). The minimum absolute atomic E-state index is 0.421. The van der Waals surface area contributed by atoms with Gasteiger partial charge in [0.25, 0.3) is 0 Å². The summed E-state index contributed by atoms with van der Waals surface area (Å²) in [5.74, 6) is 0. The van der Waals surface area contributed by atoms with E-state index in [2.05, 4.69) is 11.9 Å². The van der Waals surface area contributed by atoms with Gasteiger partial charge in [0.05, 0.1) is 6.10 Å². The Balaban J connectivity index is 3.52. The Bertz CT molecular complexity index is 208. The topological polar surface area (TPSA) is 58.6 Å². The third-order valence-corrected chi connectivity index (χ3v) is 1.62. The maximum absolute atomic E-state index is 11.2. The van der Waals surface area contributed by atoms with Crippen molar-refractivity contribution in [3.05, 3.63) is 12.7 Å². The van der Waals surface area contributed by atoms with E-state index in [0.29, 0.717) is 19.4 Å². The normalized spacial score (nSPS) is 13.1. The Labute approximate surface area is 91.3 Å². The van der Waals surface area contributed by atoms with E-state index in [-0.39, 0.29) is 0 Å². The molecule has 88 valence electrons. The fraction of sp³-hybridized carbons (Fsp3) is 0.727. The van der Waals surface area contributed by atoms with Crippen molar-refractivity contribution in [2.24, 2.45) is 0 Å². The molecule has 4 nitrogen and oxygen atoms in total. The smallest absolute Gasteiger partial charge is 0.407 e. The van der Waals surface area contributed by atoms with Crippen molar-refractivity contribution >= 4 is 6.09 Å². The second-order valence-electron chi connectivity index (χ2n) is 4.37. The summed E-state index contributed by atoms with van der Waals surface area (Å²) in [5, 5.41) is 11.8. The highest BCUT2D eigenvalue weighted by molar-refractivity contribution is 5.67. The van der Waals surface area contributed by atoms with Gasteiger partial charge in [0.1, 0.15) is 5.60 Å². The summed E-state index contributed by atoms with van der Waals surface area (Å²) in [6, 6.07) is 0. The molecule has 0 saturated carbocycles. The van der Waals surface area contributed by atoms with E-state index >= 15 is 0 Å². The fourth-order valence-electron chi connectivity index (χ4n) is 0.934. The number of hydrogen-bond acceptors (Lipinski definition) is 3. The van der Waals surface area contributed by atoms with Crippen LogP contribution in [0.4, 0.5) is 4.79 Å². The van der Waals surface area contributed by atoms with Crippen LogP contribution in [0.2, 0.25) is 0 Å². The van der Waals surface area contributed by atoms with Crippen molar-refractivity contribution in [3.63, 3.8) is 0 Å². The summed E-state index contributed by atoms with van der Waals surface area (Å²) in [7, 11) is 0. The largest absolute Gasteiger partial charge is 0.444 e. The van der Waals surface area contributed by atoms with Crippen LogP contribution in [0, 0.1) is 0 Å². The Morgan fingerprint density at radius 1 is 1.60 bits per heavy atom. The van der Waals surface area contributed by atoms with Gasteiger partial charge in [-0.3, -0.25) is 0 Å². The molecule has 0 spiro atoms. The van der Waals surface area contributed by atoms with E-state index in [9.17, 15) is 4.79 Å². The molecule has 0 aromatic rings. The van der Waals surface area contributed by atoms with Crippen LogP contribution in [-0.2, 0) is 4.74 Å². The van der Waals surface area contributed by atoms with E-state index in [1.54, 1.807) is 0 Å². The zero-order valence-electron chi connectivity index (χ0n) is 9.75. The summed E-state index contributed by atoms with van der Waals surface area (Å²) >= 11 is 0. The Morgan fingerprint density at radius 2 is 2.20 bits per heavy atom. The Hall–Kier alpha value is -1.03. The summed E-state index contributed by atoms with van der Waals surface area (Å²) in [4.78, 5) is 11.2. The molecule has 0 bridgehead atoms. The third-order valence-electron chi connectivity index (χ3n) is 1.62. The van der Waals surface area contributed by atoms with Crippen molar-refractivity contribution in [3.8, 4) is 0 Å². The van der Waals surface area contributed by atoms with Crippen molar-refractivity contribution < 1.29 is 14.6 Å². The summed E-state index contributed by atoms with van der Waals surface area (Å²) in [6.45, 7) is 9.40. The first-order valence-electron chi connectivity index (χ1n) is 5.12. The van der Waals surface area contributed by atoms with Crippen LogP contribution in [0.5, 0.6) is 0 Å². The lowest BCUT2D eigenvalue weighted by atomic mass is 10.2. The molecule has 4 heteroatoms. The maximum atomic E-state index is 11.2. The van der Waals surface area contributed by atoms with Crippen molar-refractivity contribution in [2.75, 3.05) is 6.54 Å². The second kappa shape index (κ2) is 6.45. The highest BCUT2D eigenvalue weighted by atomic mass is 16.6. The minimum atomic E-state index is -0.495. The SMILES string of the molecule is C=CC(O)CCCNC(=O)OC(C)(C)C. The molecule has 1 atom stereocenters. The lowest BCUT2D eigenvalue weighted by Crippen LogP contribution is -2.33. The highest BCUT2D eigenvalue weighted by Gasteiger charge is 2.15. The number of rotatable bonds is 5. The number of hydrogen-bond donors (Lipinski definition) is 2. The van der Waals surface area contributed by atoms with Gasteiger partial charge in [0, 0.05) is 6.54 Å². The highest BCUT2D eigenvalue weighted by Crippen LogP contribution is 2.06. The zero-order valence-corrected chi connectivity index (χ0v) is 9.75. The Morgan fingerprint density at radius 3 is 2.67 bits per heavy atom. The molecule has 0 aromatic carbocycles. The van der Waals surface area contributed by atoms with Crippen LogP contribution in [0.15, 0.2) is 12.7 Å². The molecular weight excluding hydrogens is 194 g/mol. The van der Waals surface area contributed by atoms with Gasteiger partial charge in [0.2, 0.25) is 0 Å². The van der Waals surface area contributed by atoms with E-state index in [0.717, 1.165) is 0 Å². The molecule has 0 fully saturated rings. The molecule has 0 aliphatic rings. The first-order chi connectivity index (χ1) is 6.85. The zero-order chi connectivity index (χ0) is 11.9. The molecule has 15 heavy (non-hydrogen) atoms. The first kappa shape index (κ1) is 14.0. The van der Waals surface area contributed by atoms with Gasteiger partial charge < -0.3 is 15.2 Å². The standard InChI is InChI=1S/C11H21NO3/c1-5-9(13)7-6-8-12-10(14)15-11(2,3)4/h5,9,13H,1,6-8H2,2-4H3,(H,12,14). The average molecular weight is 215 g/mol. The molecule has 0 aromatic heterocycles. The summed E-state index contributed by atoms with van der Waals surface area (Å²) < 4.78 is 5.04. The van der Waals surface area contributed by atoms with Crippen LogP contribution in [0.25, 0.3) is 0 Å². The van der Waals surface area contributed by atoms with E-state index in [1.165, 1.54) is 6.08 Å².